The zero-order valence-electron chi connectivity index (χ0n) is 8.16. The van der Waals surface area contributed by atoms with Crippen LogP contribution in [0, 0.1) is 5.82 Å². The average Bonchev–Trinajstić information content (AvgIpc) is 2.14. The third-order valence-electron chi connectivity index (χ3n) is 1.76. The summed E-state index contributed by atoms with van der Waals surface area (Å²) >= 11 is 0. The van der Waals surface area contributed by atoms with Gasteiger partial charge in [0.25, 0.3) is 0 Å². The van der Waals surface area contributed by atoms with E-state index < -0.39 is 11.9 Å². The summed E-state index contributed by atoms with van der Waals surface area (Å²) in [5, 5.41) is 9.35. The fourth-order valence-corrected chi connectivity index (χ4v) is 1.10. The number of rotatable bonds is 4. The third-order valence-corrected chi connectivity index (χ3v) is 1.76. The Morgan fingerprint density at radius 1 is 1.50 bits per heavy atom. The lowest BCUT2D eigenvalue weighted by Crippen LogP contribution is -2.03. The van der Waals surface area contributed by atoms with Gasteiger partial charge in [0.15, 0.2) is 6.79 Å². The summed E-state index contributed by atoms with van der Waals surface area (Å²) in [5.41, 5.74) is 0.545. The quantitative estimate of drug-likeness (QED) is 0.754. The maximum Gasteiger partial charge on any atom is 0.188 e. The fourth-order valence-electron chi connectivity index (χ4n) is 1.10. The number of aliphatic hydroxyl groups excluding tert-OH is 1. The normalized spacial score (nSPS) is 12.6. The monoisotopic (exact) mass is 200 g/mol. The summed E-state index contributed by atoms with van der Waals surface area (Å²) in [6.07, 6.45) is -0.692. The van der Waals surface area contributed by atoms with Gasteiger partial charge in [0, 0.05) is 18.7 Å². The number of halogens is 1. The molecule has 1 aromatic rings. The Kier molecular flexibility index (Phi) is 3.85. The van der Waals surface area contributed by atoms with Crippen molar-refractivity contribution in [3.8, 4) is 5.75 Å². The summed E-state index contributed by atoms with van der Waals surface area (Å²) in [7, 11) is 1.47. The van der Waals surface area contributed by atoms with Crippen LogP contribution in [0.5, 0.6) is 5.75 Å². The standard InChI is InChI=1S/C10H13FO3/c1-7(12)9-4-3-8(11)5-10(9)14-6-13-2/h3-5,7,12H,6H2,1-2H3. The molecule has 0 fully saturated rings. The van der Waals surface area contributed by atoms with Crippen LogP contribution in [0.2, 0.25) is 0 Å². The molecule has 3 nitrogen and oxygen atoms in total. The van der Waals surface area contributed by atoms with Crippen molar-refractivity contribution in [2.45, 2.75) is 13.0 Å². The van der Waals surface area contributed by atoms with Crippen molar-refractivity contribution in [1.29, 1.82) is 0 Å². The van der Waals surface area contributed by atoms with E-state index >= 15 is 0 Å². The lowest BCUT2D eigenvalue weighted by atomic mass is 10.1. The zero-order chi connectivity index (χ0) is 10.6. The van der Waals surface area contributed by atoms with E-state index in [1.807, 2.05) is 0 Å². The molecule has 0 radical (unpaired) electrons. The summed E-state index contributed by atoms with van der Waals surface area (Å²) in [6.45, 7) is 1.62. The van der Waals surface area contributed by atoms with Gasteiger partial charge in [-0.3, -0.25) is 0 Å². The molecule has 1 unspecified atom stereocenters. The molecule has 0 aliphatic rings. The van der Waals surface area contributed by atoms with Crippen LogP contribution in [-0.2, 0) is 4.74 Å². The molecule has 0 spiro atoms. The van der Waals surface area contributed by atoms with Crippen LogP contribution < -0.4 is 4.74 Å². The maximum atomic E-state index is 12.8. The Morgan fingerprint density at radius 3 is 2.79 bits per heavy atom. The van der Waals surface area contributed by atoms with Crippen molar-refractivity contribution in [2.24, 2.45) is 0 Å². The highest BCUT2D eigenvalue weighted by Gasteiger charge is 2.09. The first-order valence-corrected chi connectivity index (χ1v) is 4.24. The minimum atomic E-state index is -0.692. The lowest BCUT2D eigenvalue weighted by Gasteiger charge is -2.12. The Bertz CT molecular complexity index is 299. The van der Waals surface area contributed by atoms with Crippen molar-refractivity contribution in [1.82, 2.24) is 0 Å². The molecule has 0 aliphatic heterocycles. The van der Waals surface area contributed by atoms with E-state index in [4.69, 9.17) is 9.47 Å². The van der Waals surface area contributed by atoms with Gasteiger partial charge in [-0.25, -0.2) is 4.39 Å². The fraction of sp³-hybridized carbons (Fsp3) is 0.400. The van der Waals surface area contributed by atoms with Crippen LogP contribution >= 0.6 is 0 Å². The number of ether oxygens (including phenoxy) is 2. The van der Waals surface area contributed by atoms with Crippen molar-refractivity contribution in [2.75, 3.05) is 13.9 Å². The van der Waals surface area contributed by atoms with Gasteiger partial charge >= 0.3 is 0 Å². The van der Waals surface area contributed by atoms with Gasteiger partial charge in [-0.2, -0.15) is 0 Å². The second-order valence-electron chi connectivity index (χ2n) is 2.91. The largest absolute Gasteiger partial charge is 0.467 e. The van der Waals surface area contributed by atoms with Crippen LogP contribution in [-0.4, -0.2) is 19.0 Å². The molecule has 0 saturated carbocycles. The first-order chi connectivity index (χ1) is 6.65. The molecular weight excluding hydrogens is 187 g/mol. The maximum absolute atomic E-state index is 12.8. The first kappa shape index (κ1) is 10.9. The second-order valence-corrected chi connectivity index (χ2v) is 2.91. The summed E-state index contributed by atoms with van der Waals surface area (Å²) in [4.78, 5) is 0. The van der Waals surface area contributed by atoms with E-state index in [9.17, 15) is 9.50 Å². The summed E-state index contributed by atoms with van der Waals surface area (Å²) in [6, 6.07) is 3.99. The van der Waals surface area contributed by atoms with Gasteiger partial charge in [-0.15, -0.1) is 0 Å². The SMILES string of the molecule is COCOc1cc(F)ccc1C(C)O. The van der Waals surface area contributed by atoms with E-state index in [0.29, 0.717) is 11.3 Å². The third kappa shape index (κ3) is 2.68. The van der Waals surface area contributed by atoms with Gasteiger partial charge in [-0.1, -0.05) is 0 Å². The smallest absolute Gasteiger partial charge is 0.188 e. The highest BCUT2D eigenvalue weighted by atomic mass is 19.1. The van der Waals surface area contributed by atoms with Crippen LogP contribution in [0.25, 0.3) is 0 Å². The Morgan fingerprint density at radius 2 is 2.21 bits per heavy atom. The predicted molar refractivity (Wildman–Crippen MR) is 49.5 cm³/mol. The van der Waals surface area contributed by atoms with Crippen LogP contribution in [0.15, 0.2) is 18.2 Å². The molecule has 4 heteroatoms. The molecule has 78 valence electrons. The highest BCUT2D eigenvalue weighted by molar-refractivity contribution is 5.35. The van der Waals surface area contributed by atoms with E-state index in [0.717, 1.165) is 0 Å². The minimum absolute atomic E-state index is 0.0309. The second kappa shape index (κ2) is 4.93. The molecule has 14 heavy (non-hydrogen) atoms. The number of methoxy groups -OCH3 is 1. The molecular formula is C10H13FO3. The van der Waals surface area contributed by atoms with Crippen LogP contribution in [0.3, 0.4) is 0 Å². The van der Waals surface area contributed by atoms with Crippen molar-refractivity contribution >= 4 is 0 Å². The molecule has 0 amide bonds. The average molecular weight is 200 g/mol. The molecule has 0 heterocycles. The zero-order valence-corrected chi connectivity index (χ0v) is 8.16. The number of hydrogen-bond donors (Lipinski definition) is 1. The topological polar surface area (TPSA) is 38.7 Å². The Labute approximate surface area is 82.1 Å². The first-order valence-electron chi connectivity index (χ1n) is 4.24. The molecule has 0 aliphatic carbocycles. The van der Waals surface area contributed by atoms with Crippen LogP contribution in [0.1, 0.15) is 18.6 Å². The molecule has 1 aromatic carbocycles. The lowest BCUT2D eigenvalue weighted by molar-refractivity contribution is 0.0481. The highest BCUT2D eigenvalue weighted by Crippen LogP contribution is 2.25. The van der Waals surface area contributed by atoms with Crippen molar-refractivity contribution < 1.29 is 19.0 Å². The predicted octanol–water partition coefficient (Wildman–Crippen LogP) is 1.86. The van der Waals surface area contributed by atoms with Crippen molar-refractivity contribution in [3.05, 3.63) is 29.6 Å². The Balaban J connectivity index is 2.91. The minimum Gasteiger partial charge on any atom is -0.467 e. The van der Waals surface area contributed by atoms with E-state index in [1.54, 1.807) is 6.92 Å². The molecule has 1 atom stereocenters. The van der Waals surface area contributed by atoms with Gasteiger partial charge in [0.05, 0.1) is 6.10 Å². The van der Waals surface area contributed by atoms with Gasteiger partial charge in [-0.05, 0) is 19.1 Å². The molecule has 0 aromatic heterocycles. The number of aliphatic hydroxyl groups is 1. The number of benzene rings is 1. The van der Waals surface area contributed by atoms with Gasteiger partial charge < -0.3 is 14.6 Å². The number of hydrogen-bond acceptors (Lipinski definition) is 3. The van der Waals surface area contributed by atoms with E-state index in [-0.39, 0.29) is 6.79 Å². The molecule has 1 rings (SSSR count). The van der Waals surface area contributed by atoms with E-state index in [1.165, 1.54) is 25.3 Å². The van der Waals surface area contributed by atoms with Crippen LogP contribution in [0.4, 0.5) is 4.39 Å². The summed E-state index contributed by atoms with van der Waals surface area (Å²) < 4.78 is 22.6. The van der Waals surface area contributed by atoms with Gasteiger partial charge in [0.2, 0.25) is 0 Å². The molecule has 1 N–H and O–H groups in total. The van der Waals surface area contributed by atoms with E-state index in [2.05, 4.69) is 0 Å². The van der Waals surface area contributed by atoms with Crippen molar-refractivity contribution in [3.63, 3.8) is 0 Å². The van der Waals surface area contributed by atoms with Gasteiger partial charge in [0.1, 0.15) is 11.6 Å². The molecule has 0 bridgehead atoms. The molecule has 0 saturated heterocycles. The summed E-state index contributed by atoms with van der Waals surface area (Å²) in [5.74, 6) is -0.0950. The Hall–Kier alpha value is -1.13.